The second-order valence-corrected chi connectivity index (χ2v) is 3.65. The van der Waals surface area contributed by atoms with Crippen LogP contribution in [0.1, 0.15) is 22.7 Å². The van der Waals surface area contributed by atoms with Crippen molar-refractivity contribution < 1.29 is 15.1 Å². The van der Waals surface area contributed by atoms with Crippen LogP contribution in [0.15, 0.2) is 6.07 Å². The molecule has 88 valence electrons. The predicted molar refractivity (Wildman–Crippen MR) is 58.2 cm³/mol. The molecule has 0 aliphatic heterocycles. The first kappa shape index (κ1) is 12.4. The Morgan fingerprint density at radius 1 is 1.56 bits per heavy atom. The quantitative estimate of drug-likeness (QED) is 0.524. The molecule has 4 N–H and O–H groups in total. The van der Waals surface area contributed by atoms with E-state index in [1.165, 1.54) is 13.0 Å². The van der Waals surface area contributed by atoms with Crippen LogP contribution in [0.4, 0.5) is 5.69 Å². The van der Waals surface area contributed by atoms with Crippen LogP contribution in [-0.4, -0.2) is 21.7 Å². The minimum absolute atomic E-state index is 0.0929. The van der Waals surface area contributed by atoms with Gasteiger partial charge in [0.25, 0.3) is 5.69 Å². The van der Waals surface area contributed by atoms with Gasteiger partial charge < -0.3 is 15.9 Å². The summed E-state index contributed by atoms with van der Waals surface area (Å²) < 4.78 is 0. The zero-order valence-electron chi connectivity index (χ0n) is 9.10. The minimum atomic E-state index is -0.821. The standard InChI is InChI=1S/C10H14N2O4/c1-5-3-8(12(15)16)6(2)9(10(5)14)7(11)4-13/h3,7,13-14H,4,11H2,1-2H3/t7-/m1/s1. The molecule has 6 nitrogen and oxygen atoms in total. The van der Waals surface area contributed by atoms with E-state index in [-0.39, 0.29) is 29.2 Å². The fraction of sp³-hybridized carbons (Fsp3) is 0.400. The van der Waals surface area contributed by atoms with Crippen molar-refractivity contribution in [2.24, 2.45) is 5.73 Å². The van der Waals surface area contributed by atoms with E-state index in [0.717, 1.165) is 0 Å². The van der Waals surface area contributed by atoms with Crippen LogP contribution < -0.4 is 5.73 Å². The van der Waals surface area contributed by atoms with Gasteiger partial charge in [0.1, 0.15) is 5.75 Å². The lowest BCUT2D eigenvalue weighted by Gasteiger charge is -2.15. The van der Waals surface area contributed by atoms with E-state index in [2.05, 4.69) is 0 Å². The van der Waals surface area contributed by atoms with Crippen LogP contribution >= 0.6 is 0 Å². The molecule has 0 bridgehead atoms. The Labute approximate surface area is 92.5 Å². The average molecular weight is 226 g/mol. The molecule has 0 spiro atoms. The van der Waals surface area contributed by atoms with Gasteiger partial charge in [-0.2, -0.15) is 0 Å². The first-order chi connectivity index (χ1) is 7.40. The average Bonchev–Trinajstić information content (AvgIpc) is 2.22. The molecule has 6 heteroatoms. The third-order valence-corrected chi connectivity index (χ3v) is 2.53. The molecule has 16 heavy (non-hydrogen) atoms. The third-order valence-electron chi connectivity index (χ3n) is 2.53. The summed E-state index contributed by atoms with van der Waals surface area (Å²) in [5.41, 5.74) is 6.39. The number of aliphatic hydroxyl groups excluding tert-OH is 1. The monoisotopic (exact) mass is 226 g/mol. The Balaban J connectivity index is 3.51. The maximum atomic E-state index is 10.8. The van der Waals surface area contributed by atoms with Gasteiger partial charge >= 0.3 is 0 Å². The highest BCUT2D eigenvalue weighted by Crippen LogP contribution is 2.35. The van der Waals surface area contributed by atoms with Gasteiger partial charge in [0.05, 0.1) is 17.6 Å². The molecule has 1 aromatic carbocycles. The van der Waals surface area contributed by atoms with Crippen molar-refractivity contribution in [3.8, 4) is 5.75 Å². The maximum absolute atomic E-state index is 10.8. The molecule has 0 aromatic heterocycles. The number of benzene rings is 1. The van der Waals surface area contributed by atoms with Gasteiger partial charge in [0.15, 0.2) is 0 Å². The molecule has 0 amide bonds. The number of nitrogens with two attached hydrogens (primary N) is 1. The van der Waals surface area contributed by atoms with E-state index in [4.69, 9.17) is 10.8 Å². The number of rotatable bonds is 3. The van der Waals surface area contributed by atoms with Crippen LogP contribution in [0.25, 0.3) is 0 Å². The molecule has 0 aliphatic carbocycles. The summed E-state index contributed by atoms with van der Waals surface area (Å²) in [6.07, 6.45) is 0. The normalized spacial score (nSPS) is 12.5. The summed E-state index contributed by atoms with van der Waals surface area (Å²) in [6, 6.07) is 0.469. The summed E-state index contributed by atoms with van der Waals surface area (Å²) >= 11 is 0. The van der Waals surface area contributed by atoms with Gasteiger partial charge in [-0.15, -0.1) is 0 Å². The summed E-state index contributed by atoms with van der Waals surface area (Å²) in [4.78, 5) is 10.2. The number of nitro benzene ring substituents is 1. The van der Waals surface area contributed by atoms with Gasteiger partial charge in [0.2, 0.25) is 0 Å². The number of phenols is 1. The van der Waals surface area contributed by atoms with Gasteiger partial charge in [-0.3, -0.25) is 10.1 Å². The molecule has 0 heterocycles. The fourth-order valence-corrected chi connectivity index (χ4v) is 1.64. The predicted octanol–water partition coefficient (Wildman–Crippen LogP) is 0.909. The molecular weight excluding hydrogens is 212 g/mol. The highest BCUT2D eigenvalue weighted by Gasteiger charge is 2.23. The van der Waals surface area contributed by atoms with Crippen LogP contribution in [0.3, 0.4) is 0 Å². The Morgan fingerprint density at radius 3 is 2.56 bits per heavy atom. The number of aromatic hydroxyl groups is 1. The largest absolute Gasteiger partial charge is 0.507 e. The van der Waals surface area contributed by atoms with E-state index in [1.807, 2.05) is 0 Å². The lowest BCUT2D eigenvalue weighted by Crippen LogP contribution is -2.17. The molecule has 1 rings (SSSR count). The van der Waals surface area contributed by atoms with E-state index in [1.54, 1.807) is 6.92 Å². The number of phenolic OH excluding ortho intramolecular Hbond substituents is 1. The number of nitrogens with zero attached hydrogens (tertiary/aromatic N) is 1. The van der Waals surface area contributed by atoms with Crippen molar-refractivity contribution in [3.05, 3.63) is 32.9 Å². The topological polar surface area (TPSA) is 110 Å². The van der Waals surface area contributed by atoms with Gasteiger partial charge in [-0.25, -0.2) is 0 Å². The Kier molecular flexibility index (Phi) is 3.46. The molecular formula is C10H14N2O4. The van der Waals surface area contributed by atoms with Crippen LogP contribution in [0, 0.1) is 24.0 Å². The Bertz CT molecular complexity index is 431. The first-order valence-electron chi connectivity index (χ1n) is 4.74. The molecule has 0 unspecified atom stereocenters. The van der Waals surface area contributed by atoms with Crippen molar-refractivity contribution in [1.82, 2.24) is 0 Å². The molecule has 0 fully saturated rings. The lowest BCUT2D eigenvalue weighted by atomic mass is 9.96. The number of hydrogen-bond acceptors (Lipinski definition) is 5. The van der Waals surface area contributed by atoms with Crippen molar-refractivity contribution in [2.75, 3.05) is 6.61 Å². The highest BCUT2D eigenvalue weighted by molar-refractivity contribution is 5.56. The SMILES string of the molecule is Cc1cc([N+](=O)[O-])c(C)c([C@H](N)CO)c1O. The summed E-state index contributed by atoms with van der Waals surface area (Å²) in [6.45, 7) is 2.67. The van der Waals surface area contributed by atoms with Crippen molar-refractivity contribution in [1.29, 1.82) is 0 Å². The smallest absolute Gasteiger partial charge is 0.273 e. The van der Waals surface area contributed by atoms with Crippen LogP contribution in [0.5, 0.6) is 5.75 Å². The Hall–Kier alpha value is -1.66. The number of hydrogen-bond donors (Lipinski definition) is 3. The molecule has 0 saturated carbocycles. The van der Waals surface area contributed by atoms with E-state index in [0.29, 0.717) is 5.56 Å². The van der Waals surface area contributed by atoms with Crippen LogP contribution in [-0.2, 0) is 0 Å². The van der Waals surface area contributed by atoms with Crippen molar-refractivity contribution >= 4 is 5.69 Å². The molecule has 0 aliphatic rings. The van der Waals surface area contributed by atoms with Crippen molar-refractivity contribution in [2.45, 2.75) is 19.9 Å². The minimum Gasteiger partial charge on any atom is -0.507 e. The third kappa shape index (κ3) is 1.98. The second kappa shape index (κ2) is 4.46. The number of aryl methyl sites for hydroxylation is 1. The van der Waals surface area contributed by atoms with Crippen molar-refractivity contribution in [3.63, 3.8) is 0 Å². The first-order valence-corrected chi connectivity index (χ1v) is 4.74. The van der Waals surface area contributed by atoms with E-state index < -0.39 is 11.0 Å². The zero-order valence-corrected chi connectivity index (χ0v) is 9.10. The number of aliphatic hydroxyl groups is 1. The second-order valence-electron chi connectivity index (χ2n) is 3.65. The fourth-order valence-electron chi connectivity index (χ4n) is 1.64. The summed E-state index contributed by atoms with van der Waals surface area (Å²) in [5, 5.41) is 29.5. The molecule has 0 saturated heterocycles. The van der Waals surface area contributed by atoms with Gasteiger partial charge in [-0.1, -0.05) is 0 Å². The number of nitro groups is 1. The molecule has 1 atom stereocenters. The van der Waals surface area contributed by atoms with E-state index in [9.17, 15) is 15.2 Å². The van der Waals surface area contributed by atoms with Gasteiger partial charge in [-0.05, 0) is 19.4 Å². The van der Waals surface area contributed by atoms with Crippen LogP contribution in [0.2, 0.25) is 0 Å². The highest BCUT2D eigenvalue weighted by atomic mass is 16.6. The maximum Gasteiger partial charge on any atom is 0.273 e. The zero-order chi connectivity index (χ0) is 12.5. The Morgan fingerprint density at radius 2 is 2.12 bits per heavy atom. The molecule has 1 aromatic rings. The molecule has 0 radical (unpaired) electrons. The summed E-state index contributed by atoms with van der Waals surface area (Å²) in [5.74, 6) is -0.0929. The lowest BCUT2D eigenvalue weighted by molar-refractivity contribution is -0.385. The van der Waals surface area contributed by atoms with Gasteiger partial charge in [0, 0.05) is 17.2 Å². The summed E-state index contributed by atoms with van der Waals surface area (Å²) in [7, 11) is 0. The van der Waals surface area contributed by atoms with E-state index >= 15 is 0 Å².